The smallest absolute Gasteiger partial charge is 0.246 e. The van der Waals surface area contributed by atoms with Gasteiger partial charge in [-0.25, -0.2) is 0 Å². The highest BCUT2D eigenvalue weighted by Gasteiger charge is 2.11. The zero-order valence-electron chi connectivity index (χ0n) is 13.3. The molecule has 7 heteroatoms. The van der Waals surface area contributed by atoms with Crippen molar-refractivity contribution >= 4 is 17.0 Å². The molecule has 122 valence electrons. The van der Waals surface area contributed by atoms with Gasteiger partial charge < -0.3 is 14.6 Å². The van der Waals surface area contributed by atoms with Crippen LogP contribution in [0.5, 0.6) is 5.75 Å². The molecular formula is C17H16N4O2S. The number of hydrogen-bond donors (Lipinski definition) is 1. The Bertz CT molecular complexity index is 850. The highest BCUT2D eigenvalue weighted by molar-refractivity contribution is 7.13. The molecule has 0 aliphatic carbocycles. The fourth-order valence-corrected chi connectivity index (χ4v) is 2.75. The molecule has 1 aromatic carbocycles. The number of thiophene rings is 1. The van der Waals surface area contributed by atoms with Crippen LogP contribution in [0.1, 0.15) is 25.3 Å². The largest absolute Gasteiger partial charge is 0.489 e. The van der Waals surface area contributed by atoms with Crippen LogP contribution >= 0.6 is 11.3 Å². The van der Waals surface area contributed by atoms with E-state index >= 15 is 0 Å². The standard InChI is InChI=1S/C17H16N4O2S/c1-11(2)22-14-6-5-12(9-18)8-13(14)19-10-16-20-17(21-23-16)15-4-3-7-24-15/h3-8,11,19H,10H2,1-2H3. The third-order valence-electron chi connectivity index (χ3n) is 3.11. The molecular weight excluding hydrogens is 324 g/mol. The van der Waals surface area contributed by atoms with Crippen molar-refractivity contribution in [3.8, 4) is 22.5 Å². The lowest BCUT2D eigenvalue weighted by Crippen LogP contribution is -2.09. The van der Waals surface area contributed by atoms with Gasteiger partial charge in [-0.05, 0) is 43.5 Å². The SMILES string of the molecule is CC(C)Oc1ccc(C#N)cc1NCc1nc(-c2cccs2)no1. The highest BCUT2D eigenvalue weighted by Crippen LogP contribution is 2.27. The average Bonchev–Trinajstić information content (AvgIpc) is 3.24. The van der Waals surface area contributed by atoms with Gasteiger partial charge in [0.05, 0.1) is 34.8 Å². The van der Waals surface area contributed by atoms with Gasteiger partial charge in [0, 0.05) is 0 Å². The maximum Gasteiger partial charge on any atom is 0.246 e. The van der Waals surface area contributed by atoms with Gasteiger partial charge in [-0.15, -0.1) is 11.3 Å². The molecule has 2 aromatic heterocycles. The van der Waals surface area contributed by atoms with E-state index in [4.69, 9.17) is 14.5 Å². The van der Waals surface area contributed by atoms with Gasteiger partial charge in [-0.2, -0.15) is 10.2 Å². The summed E-state index contributed by atoms with van der Waals surface area (Å²) in [6.45, 7) is 4.25. The van der Waals surface area contributed by atoms with Crippen LogP contribution in [0.15, 0.2) is 40.2 Å². The summed E-state index contributed by atoms with van der Waals surface area (Å²) in [4.78, 5) is 5.32. The zero-order valence-corrected chi connectivity index (χ0v) is 14.1. The predicted octanol–water partition coefficient (Wildman–Crippen LogP) is 4.07. The van der Waals surface area contributed by atoms with Crippen molar-refractivity contribution in [1.29, 1.82) is 5.26 Å². The molecule has 0 aliphatic rings. The van der Waals surface area contributed by atoms with Crippen molar-refractivity contribution in [2.45, 2.75) is 26.5 Å². The van der Waals surface area contributed by atoms with Crippen LogP contribution in [0, 0.1) is 11.3 Å². The average molecular weight is 340 g/mol. The second kappa shape index (κ2) is 7.15. The Kier molecular flexibility index (Phi) is 4.77. The minimum Gasteiger partial charge on any atom is -0.489 e. The molecule has 0 saturated carbocycles. The first-order valence-electron chi connectivity index (χ1n) is 7.47. The van der Waals surface area contributed by atoms with E-state index in [1.54, 1.807) is 29.5 Å². The van der Waals surface area contributed by atoms with E-state index in [0.717, 1.165) is 10.6 Å². The number of nitrogens with one attached hydrogen (secondary N) is 1. The summed E-state index contributed by atoms with van der Waals surface area (Å²) in [5.41, 5.74) is 1.28. The molecule has 0 unspecified atom stereocenters. The summed E-state index contributed by atoms with van der Waals surface area (Å²) in [5, 5.41) is 18.2. The molecule has 6 nitrogen and oxygen atoms in total. The Morgan fingerprint density at radius 1 is 1.38 bits per heavy atom. The van der Waals surface area contributed by atoms with Crippen molar-refractivity contribution in [2.75, 3.05) is 5.32 Å². The number of hydrogen-bond acceptors (Lipinski definition) is 7. The number of benzene rings is 1. The van der Waals surface area contributed by atoms with Crippen molar-refractivity contribution in [2.24, 2.45) is 0 Å². The number of nitrogens with zero attached hydrogens (tertiary/aromatic N) is 3. The summed E-state index contributed by atoms with van der Waals surface area (Å²) in [6.07, 6.45) is 0.0346. The van der Waals surface area contributed by atoms with Gasteiger partial charge in [0.2, 0.25) is 11.7 Å². The fourth-order valence-electron chi connectivity index (χ4n) is 2.10. The van der Waals surface area contributed by atoms with Crippen LogP contribution in [0.25, 0.3) is 10.7 Å². The van der Waals surface area contributed by atoms with Crippen LogP contribution < -0.4 is 10.1 Å². The summed E-state index contributed by atoms with van der Waals surface area (Å²) in [6, 6.07) is 11.3. The van der Waals surface area contributed by atoms with E-state index in [9.17, 15) is 0 Å². The number of ether oxygens (including phenoxy) is 1. The quantitative estimate of drug-likeness (QED) is 0.728. The van der Waals surface area contributed by atoms with Crippen molar-refractivity contribution in [3.05, 3.63) is 47.2 Å². The molecule has 0 aliphatic heterocycles. The summed E-state index contributed by atoms with van der Waals surface area (Å²) in [5.74, 6) is 1.73. The number of aromatic nitrogens is 2. The number of nitriles is 1. The van der Waals surface area contributed by atoms with Gasteiger partial charge in [0.1, 0.15) is 5.75 Å². The second-order valence-electron chi connectivity index (χ2n) is 5.33. The molecule has 0 spiro atoms. The minimum absolute atomic E-state index is 0.0346. The van der Waals surface area contributed by atoms with Gasteiger partial charge in [-0.1, -0.05) is 11.2 Å². The lowest BCUT2D eigenvalue weighted by molar-refractivity contribution is 0.243. The van der Waals surface area contributed by atoms with E-state index < -0.39 is 0 Å². The van der Waals surface area contributed by atoms with Crippen LogP contribution in [0.3, 0.4) is 0 Å². The fraction of sp³-hybridized carbons (Fsp3) is 0.235. The van der Waals surface area contributed by atoms with Gasteiger partial charge in [0.15, 0.2) is 0 Å². The first-order valence-corrected chi connectivity index (χ1v) is 8.35. The summed E-state index contributed by atoms with van der Waals surface area (Å²) >= 11 is 1.56. The van der Waals surface area contributed by atoms with E-state index in [1.165, 1.54) is 0 Å². The molecule has 3 rings (SSSR count). The third kappa shape index (κ3) is 3.73. The maximum atomic E-state index is 9.07. The van der Waals surface area contributed by atoms with Crippen LogP contribution in [0.2, 0.25) is 0 Å². The predicted molar refractivity (Wildman–Crippen MR) is 91.9 cm³/mol. The second-order valence-corrected chi connectivity index (χ2v) is 6.28. The molecule has 0 atom stereocenters. The Balaban J connectivity index is 1.75. The molecule has 2 heterocycles. The van der Waals surface area contributed by atoms with E-state index in [2.05, 4.69) is 21.5 Å². The summed E-state index contributed by atoms with van der Waals surface area (Å²) in [7, 11) is 0. The molecule has 0 fully saturated rings. The van der Waals surface area contributed by atoms with E-state index in [1.807, 2.05) is 31.4 Å². The topological polar surface area (TPSA) is 84.0 Å². The van der Waals surface area contributed by atoms with Gasteiger partial charge in [-0.3, -0.25) is 0 Å². The minimum atomic E-state index is 0.0346. The lowest BCUT2D eigenvalue weighted by atomic mass is 10.2. The normalized spacial score (nSPS) is 10.6. The van der Waals surface area contributed by atoms with Gasteiger partial charge in [0.25, 0.3) is 0 Å². The van der Waals surface area contributed by atoms with Crippen molar-refractivity contribution in [1.82, 2.24) is 10.1 Å². The lowest BCUT2D eigenvalue weighted by Gasteiger charge is -2.15. The van der Waals surface area contributed by atoms with E-state index in [0.29, 0.717) is 29.6 Å². The Morgan fingerprint density at radius 2 is 2.25 bits per heavy atom. The van der Waals surface area contributed by atoms with Crippen molar-refractivity contribution < 1.29 is 9.26 Å². The Labute approximate surface area is 143 Å². The molecule has 3 aromatic rings. The third-order valence-corrected chi connectivity index (χ3v) is 3.98. The molecule has 24 heavy (non-hydrogen) atoms. The van der Waals surface area contributed by atoms with Crippen LogP contribution in [-0.2, 0) is 6.54 Å². The molecule has 0 bridgehead atoms. The monoisotopic (exact) mass is 340 g/mol. The number of anilines is 1. The van der Waals surface area contributed by atoms with Gasteiger partial charge >= 0.3 is 0 Å². The molecule has 1 N–H and O–H groups in total. The Morgan fingerprint density at radius 3 is 2.96 bits per heavy atom. The zero-order chi connectivity index (χ0) is 16.9. The van der Waals surface area contributed by atoms with Crippen molar-refractivity contribution in [3.63, 3.8) is 0 Å². The summed E-state index contributed by atoms with van der Waals surface area (Å²) < 4.78 is 11.0. The molecule has 0 radical (unpaired) electrons. The van der Waals surface area contributed by atoms with E-state index in [-0.39, 0.29) is 6.10 Å². The first-order chi connectivity index (χ1) is 11.7. The first kappa shape index (κ1) is 16.0. The van der Waals surface area contributed by atoms with Crippen LogP contribution in [0.4, 0.5) is 5.69 Å². The Hall–Kier alpha value is -2.85. The molecule has 0 amide bonds. The highest BCUT2D eigenvalue weighted by atomic mass is 32.1. The molecule has 0 saturated heterocycles. The number of rotatable bonds is 6. The maximum absolute atomic E-state index is 9.07. The van der Waals surface area contributed by atoms with Crippen LogP contribution in [-0.4, -0.2) is 16.2 Å².